The van der Waals surface area contributed by atoms with E-state index in [4.69, 9.17) is 10.1 Å². The molecular formula is C19H17N3O2S2. The minimum absolute atomic E-state index is 0.0748. The summed E-state index contributed by atoms with van der Waals surface area (Å²) < 4.78 is 3.17. The number of benzene rings is 1. The van der Waals surface area contributed by atoms with E-state index >= 15 is 0 Å². The number of rotatable bonds is 5. The quantitative estimate of drug-likeness (QED) is 0.525. The van der Waals surface area contributed by atoms with Crippen LogP contribution in [0, 0.1) is 13.8 Å². The van der Waals surface area contributed by atoms with Crippen LogP contribution in [0.1, 0.15) is 34.1 Å². The van der Waals surface area contributed by atoms with E-state index in [9.17, 15) is 4.79 Å². The smallest absolute Gasteiger partial charge is 0.303 e. The molecule has 3 heterocycles. The summed E-state index contributed by atoms with van der Waals surface area (Å²) in [5.41, 5.74) is 3.80. The molecule has 0 bridgehead atoms. The topological polar surface area (TPSA) is 67.5 Å². The Bertz CT molecular complexity index is 1120. The highest BCUT2D eigenvalue weighted by Crippen LogP contribution is 2.32. The number of para-hydroxylation sites is 1. The molecular weight excluding hydrogens is 366 g/mol. The number of nitrogens with zero attached hydrogens (tertiary/aromatic N) is 3. The van der Waals surface area contributed by atoms with Crippen molar-refractivity contribution in [1.82, 2.24) is 14.4 Å². The number of aryl methyl sites for hydroxylation is 2. The lowest BCUT2D eigenvalue weighted by atomic mass is 10.1. The molecule has 4 rings (SSSR count). The summed E-state index contributed by atoms with van der Waals surface area (Å²) in [4.78, 5) is 22.6. The number of allylic oxidation sites excluding steroid dienone is 1. The van der Waals surface area contributed by atoms with E-state index in [2.05, 4.69) is 22.5 Å². The average Bonchev–Trinajstić information content (AvgIpc) is 3.24. The zero-order chi connectivity index (χ0) is 18.3. The predicted octanol–water partition coefficient (Wildman–Crippen LogP) is 5.03. The van der Waals surface area contributed by atoms with Gasteiger partial charge in [0.25, 0.3) is 0 Å². The zero-order valence-electron chi connectivity index (χ0n) is 14.4. The van der Waals surface area contributed by atoms with Crippen molar-refractivity contribution in [3.63, 3.8) is 0 Å². The van der Waals surface area contributed by atoms with E-state index in [1.54, 1.807) is 22.7 Å². The molecule has 0 unspecified atom stereocenters. The molecule has 0 atom stereocenters. The largest absolute Gasteiger partial charge is 0.481 e. The van der Waals surface area contributed by atoms with Gasteiger partial charge in [-0.3, -0.25) is 9.20 Å². The van der Waals surface area contributed by atoms with Crippen molar-refractivity contribution in [2.24, 2.45) is 0 Å². The number of aliphatic carboxylic acids is 1. The summed E-state index contributed by atoms with van der Waals surface area (Å²) in [7, 11) is 0. The molecule has 0 aliphatic carbocycles. The molecule has 0 aliphatic heterocycles. The van der Waals surface area contributed by atoms with Gasteiger partial charge in [0, 0.05) is 17.5 Å². The van der Waals surface area contributed by atoms with Gasteiger partial charge in [0.05, 0.1) is 21.6 Å². The summed E-state index contributed by atoms with van der Waals surface area (Å²) in [6, 6.07) is 7.97. The van der Waals surface area contributed by atoms with E-state index in [1.165, 1.54) is 4.88 Å². The van der Waals surface area contributed by atoms with Crippen LogP contribution in [0.3, 0.4) is 0 Å². The van der Waals surface area contributed by atoms with E-state index in [0.29, 0.717) is 6.42 Å². The average molecular weight is 383 g/mol. The maximum Gasteiger partial charge on any atom is 0.303 e. The van der Waals surface area contributed by atoms with E-state index in [-0.39, 0.29) is 6.42 Å². The summed E-state index contributed by atoms with van der Waals surface area (Å²) in [6.45, 7) is 4.04. The van der Waals surface area contributed by atoms with E-state index < -0.39 is 5.97 Å². The number of hydrogen-bond donors (Lipinski definition) is 1. The van der Waals surface area contributed by atoms with E-state index in [1.807, 2.05) is 37.3 Å². The molecule has 0 radical (unpaired) electrons. The lowest BCUT2D eigenvalue weighted by molar-refractivity contribution is -0.136. The Balaban J connectivity index is 1.84. The summed E-state index contributed by atoms with van der Waals surface area (Å²) >= 11 is 3.24. The Morgan fingerprint density at radius 3 is 2.77 bits per heavy atom. The van der Waals surface area contributed by atoms with Crippen LogP contribution in [-0.4, -0.2) is 25.4 Å². The molecule has 0 fully saturated rings. The van der Waals surface area contributed by atoms with Gasteiger partial charge in [0.15, 0.2) is 4.96 Å². The molecule has 7 heteroatoms. The van der Waals surface area contributed by atoms with Gasteiger partial charge < -0.3 is 5.11 Å². The SMILES string of the molecule is Cc1cn2c(/C=C(\CCC(=O)O)c3nc4ccccc4s3)c(C)nc2s1. The summed E-state index contributed by atoms with van der Waals surface area (Å²) in [5, 5.41) is 10.0. The molecule has 26 heavy (non-hydrogen) atoms. The van der Waals surface area contributed by atoms with Crippen LogP contribution in [0.5, 0.6) is 0 Å². The van der Waals surface area contributed by atoms with Gasteiger partial charge >= 0.3 is 5.97 Å². The molecule has 0 spiro atoms. The van der Waals surface area contributed by atoms with Crippen molar-refractivity contribution < 1.29 is 9.90 Å². The van der Waals surface area contributed by atoms with E-state index in [0.717, 1.165) is 37.1 Å². The third-order valence-electron chi connectivity index (χ3n) is 4.15. The molecule has 1 aromatic carbocycles. The van der Waals surface area contributed by atoms with Crippen molar-refractivity contribution >= 4 is 55.5 Å². The molecule has 0 amide bonds. The van der Waals surface area contributed by atoms with Crippen LogP contribution >= 0.6 is 22.7 Å². The number of carboxylic acids is 1. The zero-order valence-corrected chi connectivity index (χ0v) is 16.0. The molecule has 132 valence electrons. The van der Waals surface area contributed by atoms with Gasteiger partial charge in [-0.25, -0.2) is 9.97 Å². The summed E-state index contributed by atoms with van der Waals surface area (Å²) in [6.07, 6.45) is 4.62. The fourth-order valence-electron chi connectivity index (χ4n) is 2.91. The number of fused-ring (bicyclic) bond motifs is 2. The van der Waals surface area contributed by atoms with Crippen LogP contribution in [0.25, 0.3) is 26.8 Å². The van der Waals surface area contributed by atoms with Gasteiger partial charge in [-0.2, -0.15) is 0 Å². The van der Waals surface area contributed by atoms with Crippen molar-refractivity contribution in [2.45, 2.75) is 26.7 Å². The third kappa shape index (κ3) is 3.15. The minimum atomic E-state index is -0.807. The second-order valence-electron chi connectivity index (χ2n) is 6.13. The fourth-order valence-corrected chi connectivity index (χ4v) is 4.80. The van der Waals surface area contributed by atoms with Crippen molar-refractivity contribution in [3.8, 4) is 0 Å². The standard InChI is InChI=1S/C19H17N3O2S2/c1-11-10-22-15(12(2)20-19(22)25-11)9-13(7-8-17(23)24)18-21-14-5-3-4-6-16(14)26-18/h3-6,9-10H,7-8H2,1-2H3,(H,23,24)/b13-9+. The highest BCUT2D eigenvalue weighted by Gasteiger charge is 2.15. The number of carbonyl (C=O) groups is 1. The first kappa shape index (κ1) is 16.9. The molecule has 0 saturated carbocycles. The number of thiazole rings is 2. The highest BCUT2D eigenvalue weighted by molar-refractivity contribution is 7.19. The third-order valence-corrected chi connectivity index (χ3v) is 6.16. The lowest BCUT2D eigenvalue weighted by Gasteiger charge is -2.03. The van der Waals surface area contributed by atoms with Gasteiger partial charge in [-0.15, -0.1) is 22.7 Å². The number of carboxylic acid groups (broad SMARTS) is 1. The number of hydrogen-bond acceptors (Lipinski definition) is 5. The second kappa shape index (κ2) is 6.66. The molecule has 5 nitrogen and oxygen atoms in total. The van der Waals surface area contributed by atoms with Gasteiger partial charge in [0.2, 0.25) is 0 Å². The normalized spacial score (nSPS) is 12.3. The number of aromatic nitrogens is 3. The first-order valence-electron chi connectivity index (χ1n) is 8.24. The first-order chi connectivity index (χ1) is 12.5. The predicted molar refractivity (Wildman–Crippen MR) is 107 cm³/mol. The van der Waals surface area contributed by atoms with Crippen LogP contribution in [0.2, 0.25) is 0 Å². The maximum atomic E-state index is 11.1. The van der Waals surface area contributed by atoms with Crippen molar-refractivity contribution in [3.05, 3.63) is 51.7 Å². The molecule has 0 aliphatic rings. The van der Waals surface area contributed by atoms with Crippen LogP contribution < -0.4 is 0 Å². The monoisotopic (exact) mass is 383 g/mol. The Morgan fingerprint density at radius 2 is 2.00 bits per heavy atom. The highest BCUT2D eigenvalue weighted by atomic mass is 32.1. The molecule has 1 N–H and O–H groups in total. The van der Waals surface area contributed by atoms with Crippen molar-refractivity contribution in [1.29, 1.82) is 0 Å². The van der Waals surface area contributed by atoms with Crippen LogP contribution in [0.15, 0.2) is 30.5 Å². The van der Waals surface area contributed by atoms with Gasteiger partial charge in [0.1, 0.15) is 5.01 Å². The summed E-state index contributed by atoms with van der Waals surface area (Å²) in [5.74, 6) is -0.807. The molecule has 3 aromatic heterocycles. The Labute approximate surface area is 158 Å². The van der Waals surface area contributed by atoms with Crippen LogP contribution in [-0.2, 0) is 4.79 Å². The first-order valence-corrected chi connectivity index (χ1v) is 9.88. The molecule has 0 saturated heterocycles. The lowest BCUT2D eigenvalue weighted by Crippen LogP contribution is -1.96. The van der Waals surface area contributed by atoms with Gasteiger partial charge in [-0.05, 0) is 44.1 Å². The fraction of sp³-hybridized carbons (Fsp3) is 0.211. The maximum absolute atomic E-state index is 11.1. The van der Waals surface area contributed by atoms with Crippen LogP contribution in [0.4, 0.5) is 0 Å². The Morgan fingerprint density at radius 1 is 1.19 bits per heavy atom. The Hall–Kier alpha value is -2.51. The number of imidazole rings is 1. The Kier molecular flexibility index (Phi) is 4.34. The minimum Gasteiger partial charge on any atom is -0.481 e. The van der Waals surface area contributed by atoms with Crippen molar-refractivity contribution in [2.75, 3.05) is 0 Å². The second-order valence-corrected chi connectivity index (χ2v) is 8.37. The molecule has 4 aromatic rings. The van der Waals surface area contributed by atoms with Gasteiger partial charge in [-0.1, -0.05) is 12.1 Å².